The van der Waals surface area contributed by atoms with Crippen molar-refractivity contribution >= 4 is 12.4 Å². The van der Waals surface area contributed by atoms with Crippen LogP contribution in [0.25, 0.3) is 0 Å². The Morgan fingerprint density at radius 2 is 1.50 bits per heavy atom. The topological polar surface area (TPSA) is 26.0 Å². The van der Waals surface area contributed by atoms with E-state index in [9.17, 15) is 0 Å². The minimum atomic E-state index is 0. The Kier molecular flexibility index (Phi) is 4.39. The van der Waals surface area contributed by atoms with E-state index in [1.807, 2.05) is 0 Å². The lowest BCUT2D eigenvalue weighted by molar-refractivity contribution is -0.111. The van der Waals surface area contributed by atoms with Crippen LogP contribution in [0, 0.1) is 40.4 Å². The van der Waals surface area contributed by atoms with Gasteiger partial charge in [0.25, 0.3) is 0 Å². The van der Waals surface area contributed by atoms with Crippen LogP contribution >= 0.6 is 12.4 Å². The van der Waals surface area contributed by atoms with Crippen molar-refractivity contribution < 1.29 is 0 Å². The van der Waals surface area contributed by atoms with Crippen molar-refractivity contribution in [3.8, 4) is 0 Å². The molecule has 0 aromatic carbocycles. The summed E-state index contributed by atoms with van der Waals surface area (Å²) in [4.78, 5) is 0. The summed E-state index contributed by atoms with van der Waals surface area (Å²) in [5, 5.41) is 0. The quantitative estimate of drug-likeness (QED) is 0.632. The van der Waals surface area contributed by atoms with Crippen LogP contribution in [0.1, 0.15) is 78.6 Å². The van der Waals surface area contributed by atoms with Crippen molar-refractivity contribution in [2.45, 2.75) is 84.6 Å². The third kappa shape index (κ3) is 2.21. The Hall–Kier alpha value is 0.250. The Balaban J connectivity index is 0.00000144. The van der Waals surface area contributed by atoms with Crippen LogP contribution in [-0.4, -0.2) is 6.04 Å². The summed E-state index contributed by atoms with van der Waals surface area (Å²) in [6, 6.07) is 0.500. The highest BCUT2D eigenvalue weighted by Gasteiger charge is 2.59. The molecule has 4 fully saturated rings. The number of rotatable bonds is 0. The van der Waals surface area contributed by atoms with Gasteiger partial charge in [-0.25, -0.2) is 0 Å². The van der Waals surface area contributed by atoms with E-state index in [1.54, 1.807) is 0 Å². The molecule has 8 atom stereocenters. The van der Waals surface area contributed by atoms with Gasteiger partial charge in [-0.2, -0.15) is 0 Å². The molecular formula is C20H36ClN. The number of fused-ring (bicyclic) bond motifs is 5. The van der Waals surface area contributed by atoms with Crippen molar-refractivity contribution in [2.24, 2.45) is 46.2 Å². The molecular weight excluding hydrogens is 290 g/mol. The summed E-state index contributed by atoms with van der Waals surface area (Å²) in [6.45, 7) is 7.82. The lowest BCUT2D eigenvalue weighted by atomic mass is 9.44. The second-order valence-corrected chi connectivity index (χ2v) is 9.71. The van der Waals surface area contributed by atoms with E-state index in [-0.39, 0.29) is 12.4 Å². The Labute approximate surface area is 143 Å². The average molecular weight is 326 g/mol. The summed E-state index contributed by atoms with van der Waals surface area (Å²) in [5.41, 5.74) is 7.60. The van der Waals surface area contributed by atoms with Gasteiger partial charge in [0.1, 0.15) is 0 Å². The summed E-state index contributed by atoms with van der Waals surface area (Å²) in [6.07, 6.45) is 13.1. The van der Waals surface area contributed by atoms with Gasteiger partial charge < -0.3 is 5.73 Å². The number of hydrogen-bond donors (Lipinski definition) is 1. The molecule has 0 radical (unpaired) electrons. The molecule has 0 aromatic heterocycles. The highest BCUT2D eigenvalue weighted by molar-refractivity contribution is 5.85. The molecule has 0 aliphatic heterocycles. The number of nitrogens with two attached hydrogens (primary N) is 1. The van der Waals surface area contributed by atoms with Gasteiger partial charge in [0.05, 0.1) is 0 Å². The molecule has 0 bridgehead atoms. The SMILES string of the molecule is C[C@H]1CC[C@H]2[C@@H]3CC[C@@H]4C[C@H](N)CC[C@]4(C)[C@H]3CC[C@]12C.Cl. The Morgan fingerprint density at radius 3 is 2.27 bits per heavy atom. The third-order valence-corrected chi connectivity index (χ3v) is 9.18. The smallest absolute Gasteiger partial charge is 0.00418 e. The maximum atomic E-state index is 6.29. The molecule has 0 aromatic rings. The van der Waals surface area contributed by atoms with Gasteiger partial charge >= 0.3 is 0 Å². The molecule has 0 amide bonds. The van der Waals surface area contributed by atoms with Crippen molar-refractivity contribution in [3.63, 3.8) is 0 Å². The lowest BCUT2D eigenvalue weighted by Gasteiger charge is -2.61. The Morgan fingerprint density at radius 1 is 0.818 bits per heavy atom. The van der Waals surface area contributed by atoms with E-state index in [2.05, 4.69) is 20.8 Å². The molecule has 128 valence electrons. The third-order valence-electron chi connectivity index (χ3n) is 9.18. The first-order valence-corrected chi connectivity index (χ1v) is 9.71. The Bertz CT molecular complexity index is 424. The van der Waals surface area contributed by atoms with E-state index in [1.165, 1.54) is 57.8 Å². The summed E-state index contributed by atoms with van der Waals surface area (Å²) < 4.78 is 0. The van der Waals surface area contributed by atoms with Crippen LogP contribution in [0.4, 0.5) is 0 Å². The second-order valence-electron chi connectivity index (χ2n) is 9.71. The molecule has 0 heterocycles. The monoisotopic (exact) mass is 325 g/mol. The molecule has 4 aliphatic rings. The van der Waals surface area contributed by atoms with E-state index in [0.717, 1.165) is 29.6 Å². The van der Waals surface area contributed by atoms with Crippen LogP contribution in [0.3, 0.4) is 0 Å². The van der Waals surface area contributed by atoms with E-state index >= 15 is 0 Å². The van der Waals surface area contributed by atoms with Gasteiger partial charge in [-0.15, -0.1) is 12.4 Å². The number of halogens is 1. The van der Waals surface area contributed by atoms with E-state index in [4.69, 9.17) is 5.73 Å². The maximum absolute atomic E-state index is 6.29. The minimum absolute atomic E-state index is 0. The zero-order valence-corrected chi connectivity index (χ0v) is 15.6. The first-order valence-electron chi connectivity index (χ1n) is 9.71. The largest absolute Gasteiger partial charge is 0.328 e. The van der Waals surface area contributed by atoms with Crippen LogP contribution < -0.4 is 5.73 Å². The summed E-state index contributed by atoms with van der Waals surface area (Å²) in [7, 11) is 0. The molecule has 22 heavy (non-hydrogen) atoms. The van der Waals surface area contributed by atoms with Crippen molar-refractivity contribution in [2.75, 3.05) is 0 Å². The maximum Gasteiger partial charge on any atom is 0.00418 e. The van der Waals surface area contributed by atoms with Crippen LogP contribution in [0.2, 0.25) is 0 Å². The number of hydrogen-bond acceptors (Lipinski definition) is 1. The highest BCUT2D eigenvalue weighted by atomic mass is 35.5. The first-order chi connectivity index (χ1) is 9.95. The standard InChI is InChI=1S/C20H35N.ClH/c1-13-4-7-17-16-6-5-14-12-15(21)8-10-20(14,3)18(16)9-11-19(13,17)2;/h13-18H,4-12,21H2,1-3H3;1H/t13-,14+,15+,16-,17-,18-,19+,20-;/m0./s1. The molecule has 2 N–H and O–H groups in total. The summed E-state index contributed by atoms with van der Waals surface area (Å²) in [5.74, 6) is 5.01. The fraction of sp³-hybridized carbons (Fsp3) is 1.00. The highest BCUT2D eigenvalue weighted by Crippen LogP contribution is 2.67. The van der Waals surface area contributed by atoms with Crippen molar-refractivity contribution in [1.29, 1.82) is 0 Å². The van der Waals surface area contributed by atoms with Crippen molar-refractivity contribution in [3.05, 3.63) is 0 Å². The second kappa shape index (κ2) is 5.66. The predicted molar refractivity (Wildman–Crippen MR) is 96.1 cm³/mol. The van der Waals surface area contributed by atoms with Gasteiger partial charge in [-0.1, -0.05) is 20.8 Å². The molecule has 0 spiro atoms. The molecule has 0 unspecified atom stereocenters. The van der Waals surface area contributed by atoms with E-state index < -0.39 is 0 Å². The van der Waals surface area contributed by atoms with Crippen LogP contribution in [0.15, 0.2) is 0 Å². The fourth-order valence-electron chi connectivity index (χ4n) is 7.55. The normalized spacial score (nSPS) is 57.3. The van der Waals surface area contributed by atoms with Gasteiger partial charge in [-0.05, 0) is 98.2 Å². The predicted octanol–water partition coefficient (Wildman–Crippen LogP) is 5.41. The molecule has 4 saturated carbocycles. The molecule has 2 heteroatoms. The summed E-state index contributed by atoms with van der Waals surface area (Å²) >= 11 is 0. The van der Waals surface area contributed by atoms with Gasteiger partial charge in [-0.3, -0.25) is 0 Å². The zero-order valence-electron chi connectivity index (χ0n) is 14.8. The minimum Gasteiger partial charge on any atom is -0.328 e. The van der Waals surface area contributed by atoms with Gasteiger partial charge in [0, 0.05) is 6.04 Å². The first kappa shape index (κ1) is 17.1. The molecule has 0 saturated heterocycles. The van der Waals surface area contributed by atoms with Gasteiger partial charge in [0.15, 0.2) is 0 Å². The lowest BCUT2D eigenvalue weighted by Crippen LogP contribution is -2.54. The zero-order chi connectivity index (χ0) is 14.8. The molecule has 4 rings (SSSR count). The van der Waals surface area contributed by atoms with Crippen molar-refractivity contribution in [1.82, 2.24) is 0 Å². The average Bonchev–Trinajstić information content (AvgIpc) is 2.76. The van der Waals surface area contributed by atoms with E-state index in [0.29, 0.717) is 16.9 Å². The molecule has 1 nitrogen and oxygen atoms in total. The van der Waals surface area contributed by atoms with Crippen LogP contribution in [-0.2, 0) is 0 Å². The van der Waals surface area contributed by atoms with Gasteiger partial charge in [0.2, 0.25) is 0 Å². The fourth-order valence-corrected chi connectivity index (χ4v) is 7.55. The van der Waals surface area contributed by atoms with Crippen LogP contribution in [0.5, 0.6) is 0 Å². The molecule has 4 aliphatic carbocycles.